The molecule has 0 spiro atoms. The minimum Gasteiger partial charge on any atom is -0.103 e. The molecule has 0 saturated carbocycles. The second-order valence-corrected chi connectivity index (χ2v) is 24.1. The van der Waals surface area contributed by atoms with E-state index in [9.17, 15) is 0 Å². The standard InChI is InChI=1S/C14H20.C13H18.C12H16.C11H14.C10H12.2C9H10.C6H12.C5H10.C4H8.C3H6/c1-3-5-6-7-8-14-11-9-13(4-2)10-12-14;1-3-5-6-7-13-10-8-12(4-2)9-11-13;1-3-5-6-12-9-7-11(4-2)8-10-12;1-3-5-11-8-6-10(4-2)7-9-11;1-3-9-5-7-10(4-2)8-6-9;1-3-9-6-4-8(2)5-7-9;1-3-9-6-4-5-8(2)7-9;1-4-5-6(2)3;1-4-5(2)3;1-4(2)3;1-3-2/h4,9-12H,2-3,5-8H2,1H3;4,8-11H,2-3,5-7H2,1H3;4,7-10H,2-3,5-6H2,1H3;4,6-9H,2-3,5H2,1H3;3,5-8H,1,4H2,2H3;2*3-7H,1H2,2H3;2,4-5H2,1,3H3;2,4H2,1,3H3;1H2,2-3H3;3H,1H2,2H3. The van der Waals surface area contributed by atoms with E-state index in [0.717, 1.165) is 12.8 Å². The van der Waals surface area contributed by atoms with Gasteiger partial charge in [-0.3, -0.25) is 0 Å². The van der Waals surface area contributed by atoms with E-state index in [-0.39, 0.29) is 0 Å². The highest BCUT2D eigenvalue weighted by Gasteiger charge is 1.96. The SMILES string of the molecule is C=C(C)C.C=C(C)CC.C=C(C)CCC.C=CC.C=Cc1ccc(C)cc1.C=Cc1ccc(CC)cc1.C=Cc1ccc(CCC)cc1.C=Cc1ccc(CCCC)cc1.C=Cc1ccc(CCCCC)cc1.C=Cc1ccc(CCCCCC)cc1.C=Cc1cccc(C)c1. The van der Waals surface area contributed by atoms with Gasteiger partial charge in [-0.2, -0.15) is 0 Å². The molecule has 0 nitrogen and oxygen atoms in total. The van der Waals surface area contributed by atoms with Crippen molar-refractivity contribution in [2.24, 2.45) is 0 Å². The summed E-state index contributed by atoms with van der Waals surface area (Å²) in [5.74, 6) is 0. The van der Waals surface area contributed by atoms with Crippen LogP contribution < -0.4 is 0 Å². The lowest BCUT2D eigenvalue weighted by atomic mass is 10.0. The number of rotatable bonds is 25. The maximum Gasteiger partial charge on any atom is -0.0260 e. The Morgan fingerprint density at radius 1 is 0.302 bits per heavy atom. The van der Waals surface area contributed by atoms with Crippen molar-refractivity contribution < 1.29 is 0 Å². The highest BCUT2D eigenvalue weighted by atomic mass is 14.0. The molecule has 0 atom stereocenters. The van der Waals surface area contributed by atoms with Gasteiger partial charge in [0, 0.05) is 0 Å². The fourth-order valence-electron chi connectivity index (χ4n) is 8.10. The summed E-state index contributed by atoms with van der Waals surface area (Å²) < 4.78 is 0. The van der Waals surface area contributed by atoms with Gasteiger partial charge in [-0.15, -0.1) is 26.3 Å². The van der Waals surface area contributed by atoms with E-state index in [4.69, 9.17) is 0 Å². The molecule has 0 unspecified atom stereocenters. The monoisotopic (exact) mass is 1290 g/mol. The molecule has 0 radical (unpaired) electrons. The van der Waals surface area contributed by atoms with Crippen LogP contribution in [-0.2, 0) is 32.1 Å². The summed E-state index contributed by atoms with van der Waals surface area (Å²) in [4.78, 5) is 0. The summed E-state index contributed by atoms with van der Waals surface area (Å²) >= 11 is 0. The maximum absolute atomic E-state index is 3.75. The molecule has 96 heavy (non-hydrogen) atoms. The zero-order valence-corrected chi connectivity index (χ0v) is 63.8. The molecule has 0 aliphatic heterocycles. The first-order valence-corrected chi connectivity index (χ1v) is 35.6. The van der Waals surface area contributed by atoms with Crippen molar-refractivity contribution in [3.05, 3.63) is 343 Å². The number of hydrogen-bond donors (Lipinski definition) is 0. The predicted molar refractivity (Wildman–Crippen MR) is 449 cm³/mol. The maximum atomic E-state index is 3.75. The molecule has 0 bridgehead atoms. The molecule has 0 fully saturated rings. The van der Waals surface area contributed by atoms with Gasteiger partial charge in [0.05, 0.1) is 0 Å². The number of benzene rings is 7. The van der Waals surface area contributed by atoms with Crippen molar-refractivity contribution in [1.29, 1.82) is 0 Å². The molecule has 0 saturated heterocycles. The van der Waals surface area contributed by atoms with Gasteiger partial charge in [0.15, 0.2) is 0 Å². The lowest BCUT2D eigenvalue weighted by Crippen LogP contribution is -1.85. The second-order valence-electron chi connectivity index (χ2n) is 24.1. The number of allylic oxidation sites excluding steroid dienone is 4. The number of unbranched alkanes of at least 4 members (excludes halogenated alkanes) is 6. The largest absolute Gasteiger partial charge is 0.103 e. The molecule has 0 aliphatic carbocycles. The number of hydrogen-bond acceptors (Lipinski definition) is 0. The van der Waals surface area contributed by atoms with E-state index in [2.05, 4.69) is 299 Å². The van der Waals surface area contributed by atoms with Crippen LogP contribution in [0.25, 0.3) is 42.5 Å². The molecule has 0 N–H and O–H groups in total. The molecule has 0 heteroatoms. The van der Waals surface area contributed by atoms with Crippen LogP contribution in [0.5, 0.6) is 0 Å². The van der Waals surface area contributed by atoms with E-state index >= 15 is 0 Å². The third-order valence-electron chi connectivity index (χ3n) is 14.1. The van der Waals surface area contributed by atoms with Crippen LogP contribution in [-0.4, -0.2) is 0 Å². The van der Waals surface area contributed by atoms with Gasteiger partial charge in [0.25, 0.3) is 0 Å². The third-order valence-corrected chi connectivity index (χ3v) is 14.1. The molecule has 0 aliphatic rings. The van der Waals surface area contributed by atoms with Gasteiger partial charge in [-0.25, -0.2) is 0 Å². The Morgan fingerprint density at radius 3 is 0.823 bits per heavy atom. The number of aryl methyl sites for hydroxylation is 7. The van der Waals surface area contributed by atoms with E-state index in [1.165, 1.54) is 197 Å². The first-order chi connectivity index (χ1) is 46.2. The Hall–Kier alpha value is -8.32. The molecular formula is C96H136. The van der Waals surface area contributed by atoms with Crippen molar-refractivity contribution in [3.63, 3.8) is 0 Å². The topological polar surface area (TPSA) is 0 Å². The summed E-state index contributed by atoms with van der Waals surface area (Å²) in [7, 11) is 0. The summed E-state index contributed by atoms with van der Waals surface area (Å²) in [6.45, 7) is 69.7. The van der Waals surface area contributed by atoms with Gasteiger partial charge >= 0.3 is 0 Å². The van der Waals surface area contributed by atoms with E-state index in [1.54, 1.807) is 6.08 Å². The highest BCUT2D eigenvalue weighted by Crippen LogP contribution is 2.14. The molecule has 7 aromatic rings. The van der Waals surface area contributed by atoms with Crippen LogP contribution in [0.15, 0.2) is 265 Å². The van der Waals surface area contributed by atoms with Crippen molar-refractivity contribution in [3.8, 4) is 0 Å². The fourth-order valence-corrected chi connectivity index (χ4v) is 8.10. The second kappa shape index (κ2) is 68.1. The van der Waals surface area contributed by atoms with Crippen LogP contribution >= 0.6 is 0 Å². The normalized spacial score (nSPS) is 9.10. The lowest BCUT2D eigenvalue weighted by Gasteiger charge is -2.01. The Labute approximate surface area is 594 Å². The average Bonchev–Trinajstić information content (AvgIpc) is 2.93. The molecule has 7 aromatic carbocycles. The van der Waals surface area contributed by atoms with Crippen LogP contribution in [0.4, 0.5) is 0 Å². The van der Waals surface area contributed by atoms with Crippen LogP contribution in [0, 0.1) is 13.8 Å². The first-order valence-electron chi connectivity index (χ1n) is 35.6. The van der Waals surface area contributed by atoms with E-state index in [0.29, 0.717) is 0 Å². The van der Waals surface area contributed by atoms with Crippen molar-refractivity contribution in [1.82, 2.24) is 0 Å². The Balaban J connectivity index is -0.000000495. The van der Waals surface area contributed by atoms with Crippen molar-refractivity contribution in [2.75, 3.05) is 0 Å². The van der Waals surface area contributed by atoms with Gasteiger partial charge in [0.1, 0.15) is 0 Å². The summed E-state index contributed by atoms with van der Waals surface area (Å²) in [6.07, 6.45) is 37.4. The zero-order chi connectivity index (χ0) is 73.0. The van der Waals surface area contributed by atoms with E-state index < -0.39 is 0 Å². The van der Waals surface area contributed by atoms with Crippen LogP contribution in [0.3, 0.4) is 0 Å². The summed E-state index contributed by atoms with van der Waals surface area (Å²) in [6, 6.07) is 59.5. The van der Waals surface area contributed by atoms with Crippen molar-refractivity contribution >= 4 is 42.5 Å². The Kier molecular flexibility index (Phi) is 66.7. The van der Waals surface area contributed by atoms with Gasteiger partial charge in [0.2, 0.25) is 0 Å². The summed E-state index contributed by atoms with van der Waals surface area (Å²) in [5, 5.41) is 0. The smallest absolute Gasteiger partial charge is 0.0260 e. The summed E-state index contributed by atoms with van der Waals surface area (Å²) in [5.41, 5.74) is 21.8. The lowest BCUT2D eigenvalue weighted by molar-refractivity contribution is 0.667. The predicted octanol–water partition coefficient (Wildman–Crippen LogP) is 30.7. The molecule has 0 aromatic heterocycles. The van der Waals surface area contributed by atoms with Crippen molar-refractivity contribution in [2.45, 2.75) is 213 Å². The van der Waals surface area contributed by atoms with Gasteiger partial charge in [-0.1, -0.05) is 392 Å². The Bertz CT molecular complexity index is 3030. The van der Waals surface area contributed by atoms with Gasteiger partial charge in [-0.05, 0) is 179 Å². The molecule has 0 heterocycles. The van der Waals surface area contributed by atoms with Crippen LogP contribution in [0.2, 0.25) is 0 Å². The quantitative estimate of drug-likeness (QED) is 0.0395. The molecular weight excluding hydrogens is 1150 g/mol. The molecule has 520 valence electrons. The minimum absolute atomic E-state index is 1.11. The Morgan fingerprint density at radius 2 is 0.583 bits per heavy atom. The van der Waals surface area contributed by atoms with Gasteiger partial charge < -0.3 is 0 Å². The molecule has 7 rings (SSSR count). The first kappa shape index (κ1) is 94.1. The van der Waals surface area contributed by atoms with E-state index in [1.807, 2.05) is 82.4 Å². The minimum atomic E-state index is 1.11. The average molecular weight is 1290 g/mol. The fraction of sp³-hybridized carbons (Fsp3) is 0.333. The molecule has 0 amide bonds. The highest BCUT2D eigenvalue weighted by molar-refractivity contribution is 5.51. The third kappa shape index (κ3) is 60.6. The van der Waals surface area contributed by atoms with Crippen LogP contribution in [0.1, 0.15) is 244 Å². The zero-order valence-electron chi connectivity index (χ0n) is 63.8.